The van der Waals surface area contributed by atoms with E-state index in [1.165, 1.54) is 0 Å². The predicted molar refractivity (Wildman–Crippen MR) is 92.6 cm³/mol. The Morgan fingerprint density at radius 2 is 1.38 bits per heavy atom. The Hall–Kier alpha value is -0.280. The van der Waals surface area contributed by atoms with Gasteiger partial charge in [-0.25, -0.2) is 3.63 Å². The normalized spacial score (nSPS) is 13.9. The van der Waals surface area contributed by atoms with Gasteiger partial charge in [0.25, 0.3) is 0 Å². The number of hydrogen-bond donors (Lipinski definition) is 0. The number of carbonyl (C=O) groups excluding carboxylic acids is 1. The van der Waals surface area contributed by atoms with Crippen LogP contribution in [0.4, 0.5) is 13.2 Å². The minimum atomic E-state index is -5.70. The average Bonchev–Trinajstić information content (AvgIpc) is 2.47. The van der Waals surface area contributed by atoms with E-state index in [1.54, 1.807) is 0 Å². The molecule has 0 aromatic heterocycles. The van der Waals surface area contributed by atoms with Gasteiger partial charge in [0.1, 0.15) is 5.78 Å². The molecule has 0 radical (unpaired) electrons. The Balaban J connectivity index is 5.51. The fourth-order valence-electron chi connectivity index (χ4n) is 2.12. The lowest BCUT2D eigenvalue weighted by atomic mass is 10.2. The minimum Gasteiger partial charge on any atom is -0.299 e. The van der Waals surface area contributed by atoms with Crippen molar-refractivity contribution in [2.45, 2.75) is 71.2 Å². The summed E-state index contributed by atoms with van der Waals surface area (Å²) in [6, 6.07) is 0. The van der Waals surface area contributed by atoms with Gasteiger partial charge >= 0.3 is 15.6 Å². The van der Waals surface area contributed by atoms with Crippen molar-refractivity contribution in [1.29, 1.82) is 0 Å². The second-order valence-corrected chi connectivity index (χ2v) is 10.8. The zero-order chi connectivity index (χ0) is 18.9. The number of ketones is 1. The summed E-state index contributed by atoms with van der Waals surface area (Å²) < 4.78 is 66.1. The molecule has 0 atom stereocenters. The van der Waals surface area contributed by atoms with E-state index < -0.39 is 25.9 Å². The standard InChI is InChI=1S/C15H29F3O4S2/c1-4-7-10-14(19)13-23(11-8-5-2,12-9-6-3)22-24(20,21)15(16,17)18/h4-13H2,1-3H3. The summed E-state index contributed by atoms with van der Waals surface area (Å²) in [5.74, 6) is -0.00761. The van der Waals surface area contributed by atoms with Crippen LogP contribution >= 0.6 is 10.3 Å². The Morgan fingerprint density at radius 3 is 1.75 bits per heavy atom. The maximum atomic E-state index is 12.8. The third kappa shape index (κ3) is 8.20. The van der Waals surface area contributed by atoms with Crippen molar-refractivity contribution in [3.63, 3.8) is 0 Å². The van der Waals surface area contributed by atoms with Crippen LogP contribution in [0, 0.1) is 0 Å². The van der Waals surface area contributed by atoms with Crippen molar-refractivity contribution in [1.82, 2.24) is 0 Å². The molecule has 4 nitrogen and oxygen atoms in total. The molecular weight excluding hydrogens is 365 g/mol. The summed E-state index contributed by atoms with van der Waals surface area (Å²) in [6.45, 7) is 5.63. The Morgan fingerprint density at radius 1 is 0.917 bits per heavy atom. The first kappa shape index (κ1) is 23.7. The Labute approximate surface area is 145 Å². The summed E-state index contributed by atoms with van der Waals surface area (Å²) in [7, 11) is -8.35. The van der Waals surface area contributed by atoms with E-state index in [2.05, 4.69) is 0 Å². The zero-order valence-corrected chi connectivity index (χ0v) is 16.3. The van der Waals surface area contributed by atoms with Crippen molar-refractivity contribution in [3.8, 4) is 0 Å². The van der Waals surface area contributed by atoms with Gasteiger partial charge in [0, 0.05) is 17.9 Å². The molecule has 0 saturated heterocycles. The summed E-state index contributed by atoms with van der Waals surface area (Å²) in [4.78, 5) is 12.1. The highest BCUT2D eigenvalue weighted by atomic mass is 32.3. The fourth-order valence-corrected chi connectivity index (χ4v) is 7.54. The van der Waals surface area contributed by atoms with Crippen molar-refractivity contribution >= 4 is 26.2 Å². The molecule has 0 rings (SSSR count). The van der Waals surface area contributed by atoms with Gasteiger partial charge in [0.2, 0.25) is 0 Å². The summed E-state index contributed by atoms with van der Waals surface area (Å²) in [5.41, 5.74) is -5.46. The maximum absolute atomic E-state index is 12.8. The molecule has 0 aliphatic heterocycles. The lowest BCUT2D eigenvalue weighted by molar-refractivity contribution is -0.116. The predicted octanol–water partition coefficient (Wildman–Crippen LogP) is 4.93. The van der Waals surface area contributed by atoms with Crippen LogP contribution in [0.15, 0.2) is 0 Å². The smallest absolute Gasteiger partial charge is 0.299 e. The van der Waals surface area contributed by atoms with E-state index >= 15 is 0 Å². The molecule has 9 heteroatoms. The molecule has 146 valence electrons. The lowest BCUT2D eigenvalue weighted by Gasteiger charge is -2.38. The van der Waals surface area contributed by atoms with Gasteiger partial charge in [-0.1, -0.05) is 40.0 Å². The van der Waals surface area contributed by atoms with Gasteiger partial charge < -0.3 is 0 Å². The SMILES string of the molecule is CCCCC(=O)CS(CCCC)(CCCC)OS(=O)(=O)C(F)(F)F. The van der Waals surface area contributed by atoms with Crippen LogP contribution in [0.2, 0.25) is 0 Å². The molecule has 0 amide bonds. The second kappa shape index (κ2) is 10.7. The monoisotopic (exact) mass is 394 g/mol. The molecule has 0 bridgehead atoms. The van der Waals surface area contributed by atoms with E-state index in [0.29, 0.717) is 32.1 Å². The van der Waals surface area contributed by atoms with Crippen molar-refractivity contribution < 1.29 is 30.0 Å². The molecule has 24 heavy (non-hydrogen) atoms. The molecular formula is C15H29F3O4S2. The third-order valence-electron chi connectivity index (χ3n) is 3.49. The second-order valence-electron chi connectivity index (χ2n) is 5.84. The van der Waals surface area contributed by atoms with Gasteiger partial charge in [0.05, 0.1) is 5.75 Å². The number of halogens is 3. The summed E-state index contributed by atoms with van der Waals surface area (Å²) >= 11 is 0. The van der Waals surface area contributed by atoms with E-state index in [0.717, 1.165) is 6.42 Å². The molecule has 0 aromatic rings. The molecule has 0 N–H and O–H groups in total. The first-order chi connectivity index (χ1) is 11.0. The van der Waals surface area contributed by atoms with Gasteiger partial charge in [0.15, 0.2) is 0 Å². The van der Waals surface area contributed by atoms with Crippen LogP contribution in [0.5, 0.6) is 0 Å². The number of carbonyl (C=O) groups is 1. The summed E-state index contributed by atoms with van der Waals surface area (Å²) in [5, 5.41) is 0. The van der Waals surface area contributed by atoms with Crippen molar-refractivity contribution in [2.24, 2.45) is 0 Å². The highest BCUT2D eigenvalue weighted by Gasteiger charge is 2.51. The number of alkyl halides is 3. The molecule has 0 spiro atoms. The Kier molecular flexibility index (Phi) is 10.5. The lowest BCUT2D eigenvalue weighted by Crippen LogP contribution is -2.31. The van der Waals surface area contributed by atoms with Gasteiger partial charge in [-0.05, 0) is 19.3 Å². The van der Waals surface area contributed by atoms with Crippen LogP contribution in [0.3, 0.4) is 0 Å². The van der Waals surface area contributed by atoms with Gasteiger partial charge in [-0.3, -0.25) is 4.79 Å². The van der Waals surface area contributed by atoms with Gasteiger partial charge in [-0.2, -0.15) is 21.6 Å². The van der Waals surface area contributed by atoms with Crippen LogP contribution in [0.25, 0.3) is 0 Å². The number of unbranched alkanes of at least 4 members (excludes halogenated alkanes) is 3. The zero-order valence-electron chi connectivity index (χ0n) is 14.7. The summed E-state index contributed by atoms with van der Waals surface area (Å²) in [6.07, 6.45) is 4.14. The van der Waals surface area contributed by atoms with Gasteiger partial charge in [-0.15, -0.1) is 10.3 Å². The molecule has 0 heterocycles. The largest absolute Gasteiger partial charge is 0.523 e. The first-order valence-corrected chi connectivity index (χ1v) is 11.8. The maximum Gasteiger partial charge on any atom is 0.523 e. The minimum absolute atomic E-state index is 0.205. The Bertz CT molecular complexity index is 468. The van der Waals surface area contributed by atoms with E-state index in [4.69, 9.17) is 3.63 Å². The molecule has 0 aromatic carbocycles. The fraction of sp³-hybridized carbons (Fsp3) is 0.933. The topological polar surface area (TPSA) is 60.4 Å². The molecule has 0 aliphatic rings. The molecule has 0 saturated carbocycles. The van der Waals surface area contributed by atoms with E-state index in [1.807, 2.05) is 20.8 Å². The quantitative estimate of drug-likeness (QED) is 0.416. The number of hydrogen-bond acceptors (Lipinski definition) is 4. The third-order valence-corrected chi connectivity index (χ3v) is 8.84. The first-order valence-electron chi connectivity index (χ1n) is 8.34. The van der Waals surface area contributed by atoms with Crippen LogP contribution in [0.1, 0.15) is 65.7 Å². The van der Waals surface area contributed by atoms with E-state index in [-0.39, 0.29) is 29.5 Å². The highest BCUT2D eigenvalue weighted by Crippen LogP contribution is 2.54. The number of Topliss-reactive ketones (excluding diaryl/α,β-unsaturated/α-hetero) is 1. The number of rotatable bonds is 13. The highest BCUT2D eigenvalue weighted by molar-refractivity contribution is 8.33. The van der Waals surface area contributed by atoms with Crippen molar-refractivity contribution in [3.05, 3.63) is 0 Å². The van der Waals surface area contributed by atoms with Crippen molar-refractivity contribution in [2.75, 3.05) is 17.3 Å². The molecule has 0 aliphatic carbocycles. The van der Waals surface area contributed by atoms with Crippen LogP contribution in [-0.4, -0.2) is 37.0 Å². The average molecular weight is 395 g/mol. The molecule has 0 unspecified atom stereocenters. The van der Waals surface area contributed by atoms with Crippen LogP contribution in [-0.2, 0) is 18.5 Å². The van der Waals surface area contributed by atoms with Crippen LogP contribution < -0.4 is 0 Å². The van der Waals surface area contributed by atoms with E-state index in [9.17, 15) is 26.4 Å². The molecule has 0 fully saturated rings.